The number of hydrogen-bond acceptors (Lipinski definition) is 2. The second kappa shape index (κ2) is 4.46. The van der Waals surface area contributed by atoms with Gasteiger partial charge in [0.1, 0.15) is 13.9 Å². The average molecular weight is 201 g/mol. The third-order valence-corrected chi connectivity index (χ3v) is 4.09. The van der Waals surface area contributed by atoms with Crippen LogP contribution in [0.4, 0.5) is 0 Å². The standard InChI is InChI=1S/C9H19NO2Si/c1-6-8(9(11)12)10(7-2)13(3,4)5/h6H,7H2,1-5H3,(H,11,12)/b8-6-. The van der Waals surface area contributed by atoms with Gasteiger partial charge in [0.2, 0.25) is 0 Å². The zero-order valence-electron chi connectivity index (χ0n) is 9.09. The maximum atomic E-state index is 10.9. The first-order chi connectivity index (χ1) is 5.84. The van der Waals surface area contributed by atoms with Crippen molar-refractivity contribution in [3.8, 4) is 0 Å². The number of allylic oxidation sites excluding steroid dienone is 1. The molecule has 0 aliphatic rings. The molecule has 0 saturated carbocycles. The van der Waals surface area contributed by atoms with Crippen molar-refractivity contribution in [3.05, 3.63) is 11.8 Å². The van der Waals surface area contributed by atoms with Crippen molar-refractivity contribution in [1.82, 2.24) is 4.57 Å². The van der Waals surface area contributed by atoms with Crippen molar-refractivity contribution in [2.24, 2.45) is 0 Å². The maximum absolute atomic E-state index is 10.9. The summed E-state index contributed by atoms with van der Waals surface area (Å²) in [5, 5.41) is 8.95. The van der Waals surface area contributed by atoms with Crippen molar-refractivity contribution in [2.45, 2.75) is 33.5 Å². The van der Waals surface area contributed by atoms with E-state index in [1.165, 1.54) is 0 Å². The molecular formula is C9H19NO2Si. The third-order valence-electron chi connectivity index (χ3n) is 1.91. The van der Waals surface area contributed by atoms with Crippen LogP contribution in [0.5, 0.6) is 0 Å². The van der Waals surface area contributed by atoms with E-state index in [0.29, 0.717) is 5.70 Å². The van der Waals surface area contributed by atoms with Crippen LogP contribution in [0.15, 0.2) is 11.8 Å². The number of likely N-dealkylation sites (N-methyl/N-ethyl adjacent to an activating group) is 1. The van der Waals surface area contributed by atoms with Crippen molar-refractivity contribution < 1.29 is 9.90 Å². The van der Waals surface area contributed by atoms with Gasteiger partial charge in [0, 0.05) is 6.54 Å². The van der Waals surface area contributed by atoms with Gasteiger partial charge in [0.05, 0.1) is 0 Å². The first kappa shape index (κ1) is 12.2. The van der Waals surface area contributed by atoms with Crippen LogP contribution < -0.4 is 0 Å². The molecule has 4 heteroatoms. The Bertz CT molecular complexity index is 218. The highest BCUT2D eigenvalue weighted by atomic mass is 28.3. The van der Waals surface area contributed by atoms with E-state index in [-0.39, 0.29) is 0 Å². The maximum Gasteiger partial charge on any atom is 0.351 e. The Morgan fingerprint density at radius 3 is 2.00 bits per heavy atom. The lowest BCUT2D eigenvalue weighted by atomic mass is 10.4. The summed E-state index contributed by atoms with van der Waals surface area (Å²) in [5.74, 6) is -0.827. The molecule has 3 nitrogen and oxygen atoms in total. The van der Waals surface area contributed by atoms with Gasteiger partial charge in [-0.25, -0.2) is 4.79 Å². The number of aliphatic carboxylic acids is 1. The summed E-state index contributed by atoms with van der Waals surface area (Å²) in [7, 11) is -1.55. The molecule has 0 saturated heterocycles. The van der Waals surface area contributed by atoms with Gasteiger partial charge in [-0.05, 0) is 13.8 Å². The third kappa shape index (κ3) is 3.22. The monoisotopic (exact) mass is 201 g/mol. The lowest BCUT2D eigenvalue weighted by molar-refractivity contribution is -0.133. The number of rotatable bonds is 4. The van der Waals surface area contributed by atoms with E-state index in [1.54, 1.807) is 13.0 Å². The Kier molecular flexibility index (Phi) is 4.19. The molecular weight excluding hydrogens is 182 g/mol. The topological polar surface area (TPSA) is 40.5 Å². The van der Waals surface area contributed by atoms with E-state index in [4.69, 9.17) is 5.11 Å². The van der Waals surface area contributed by atoms with E-state index in [1.807, 2.05) is 11.5 Å². The number of nitrogens with zero attached hydrogens (tertiary/aromatic N) is 1. The fourth-order valence-corrected chi connectivity index (χ4v) is 3.30. The Labute approximate surface area is 81.1 Å². The van der Waals surface area contributed by atoms with Gasteiger partial charge in [0.15, 0.2) is 0 Å². The highest BCUT2D eigenvalue weighted by Crippen LogP contribution is 2.16. The van der Waals surface area contributed by atoms with Crippen LogP contribution >= 0.6 is 0 Å². The minimum atomic E-state index is -1.55. The first-order valence-electron chi connectivity index (χ1n) is 4.51. The van der Waals surface area contributed by atoms with Crippen LogP contribution in [0, 0.1) is 0 Å². The lowest BCUT2D eigenvalue weighted by Gasteiger charge is -2.35. The minimum Gasteiger partial charge on any atom is -0.477 e. The van der Waals surface area contributed by atoms with Crippen molar-refractivity contribution in [3.63, 3.8) is 0 Å². The van der Waals surface area contributed by atoms with E-state index in [0.717, 1.165) is 6.54 Å². The van der Waals surface area contributed by atoms with E-state index < -0.39 is 14.2 Å². The molecule has 0 aromatic rings. The Morgan fingerprint density at radius 1 is 1.46 bits per heavy atom. The number of carboxylic acid groups (broad SMARTS) is 1. The molecule has 13 heavy (non-hydrogen) atoms. The highest BCUT2D eigenvalue weighted by molar-refractivity contribution is 6.74. The highest BCUT2D eigenvalue weighted by Gasteiger charge is 2.27. The quantitative estimate of drug-likeness (QED) is 0.559. The summed E-state index contributed by atoms with van der Waals surface area (Å²) in [4.78, 5) is 10.9. The van der Waals surface area contributed by atoms with Crippen molar-refractivity contribution in [2.75, 3.05) is 6.54 Å². The molecule has 1 N–H and O–H groups in total. The predicted octanol–water partition coefficient (Wildman–Crippen LogP) is 2.13. The summed E-state index contributed by atoms with van der Waals surface area (Å²) in [6, 6.07) is 0. The fraction of sp³-hybridized carbons (Fsp3) is 0.667. The lowest BCUT2D eigenvalue weighted by Crippen LogP contribution is -2.46. The van der Waals surface area contributed by atoms with Gasteiger partial charge in [-0.2, -0.15) is 0 Å². The largest absolute Gasteiger partial charge is 0.477 e. The van der Waals surface area contributed by atoms with Gasteiger partial charge in [0.25, 0.3) is 0 Å². The van der Waals surface area contributed by atoms with Crippen molar-refractivity contribution >= 4 is 14.2 Å². The van der Waals surface area contributed by atoms with Crippen LogP contribution in [0.25, 0.3) is 0 Å². The minimum absolute atomic E-state index is 0.432. The molecule has 0 aliphatic carbocycles. The number of carbonyl (C=O) groups is 1. The van der Waals surface area contributed by atoms with Gasteiger partial charge in [-0.3, -0.25) is 0 Å². The zero-order chi connectivity index (χ0) is 10.6. The smallest absolute Gasteiger partial charge is 0.351 e. The van der Waals surface area contributed by atoms with E-state index >= 15 is 0 Å². The molecule has 0 heterocycles. The molecule has 0 amide bonds. The second-order valence-corrected chi connectivity index (χ2v) is 8.78. The molecule has 0 spiro atoms. The zero-order valence-corrected chi connectivity index (χ0v) is 10.1. The summed E-state index contributed by atoms with van der Waals surface area (Å²) in [6.07, 6.45) is 1.67. The van der Waals surface area contributed by atoms with E-state index in [2.05, 4.69) is 19.6 Å². The average Bonchev–Trinajstić information content (AvgIpc) is 1.96. The van der Waals surface area contributed by atoms with Gasteiger partial charge in [-0.15, -0.1) is 0 Å². The summed E-state index contributed by atoms with van der Waals surface area (Å²) >= 11 is 0. The van der Waals surface area contributed by atoms with Gasteiger partial charge < -0.3 is 9.67 Å². The van der Waals surface area contributed by atoms with Gasteiger partial charge >= 0.3 is 5.97 Å². The molecule has 0 aromatic heterocycles. The van der Waals surface area contributed by atoms with Gasteiger partial charge in [-0.1, -0.05) is 25.7 Å². The molecule has 76 valence electrons. The molecule has 0 aromatic carbocycles. The van der Waals surface area contributed by atoms with Crippen LogP contribution in [0.3, 0.4) is 0 Å². The molecule has 0 aliphatic heterocycles. The SMILES string of the molecule is C/C=C(/C(=O)O)N(CC)[Si](C)(C)C. The molecule has 0 radical (unpaired) electrons. The Hall–Kier alpha value is -0.773. The molecule has 0 bridgehead atoms. The van der Waals surface area contributed by atoms with Crippen LogP contribution in [-0.4, -0.2) is 30.4 Å². The number of hydrogen-bond donors (Lipinski definition) is 1. The predicted molar refractivity (Wildman–Crippen MR) is 57.1 cm³/mol. The van der Waals surface area contributed by atoms with Crippen LogP contribution in [-0.2, 0) is 4.79 Å². The van der Waals surface area contributed by atoms with Crippen LogP contribution in [0.2, 0.25) is 19.6 Å². The summed E-state index contributed by atoms with van der Waals surface area (Å²) in [5.41, 5.74) is 0.432. The summed E-state index contributed by atoms with van der Waals surface area (Å²) < 4.78 is 2.01. The first-order valence-corrected chi connectivity index (χ1v) is 7.96. The molecule has 0 unspecified atom stereocenters. The number of carboxylic acids is 1. The normalized spacial score (nSPS) is 12.8. The summed E-state index contributed by atoms with van der Waals surface area (Å²) in [6.45, 7) is 11.0. The Morgan fingerprint density at radius 2 is 1.92 bits per heavy atom. The van der Waals surface area contributed by atoms with Crippen molar-refractivity contribution in [1.29, 1.82) is 0 Å². The van der Waals surface area contributed by atoms with E-state index in [9.17, 15) is 4.79 Å². The Balaban J connectivity index is 4.87. The van der Waals surface area contributed by atoms with Crippen LogP contribution in [0.1, 0.15) is 13.8 Å². The fourth-order valence-electron chi connectivity index (χ4n) is 1.40. The molecule has 0 atom stereocenters. The molecule has 0 fully saturated rings. The molecule has 0 rings (SSSR count). The second-order valence-electron chi connectivity index (χ2n) is 3.89.